The van der Waals surface area contributed by atoms with Crippen LogP contribution in [-0.2, 0) is 4.79 Å². The molecule has 3 rings (SSSR count). The Labute approximate surface area is 148 Å². The number of alkyl halides is 1. The van der Waals surface area contributed by atoms with Crippen molar-refractivity contribution >= 4 is 28.9 Å². The van der Waals surface area contributed by atoms with Gasteiger partial charge in [0.2, 0.25) is 5.91 Å². The van der Waals surface area contributed by atoms with E-state index in [-0.39, 0.29) is 5.91 Å². The minimum atomic E-state index is -0.688. The fourth-order valence-electron chi connectivity index (χ4n) is 2.88. The second kappa shape index (κ2) is 7.69. The zero-order valence-corrected chi connectivity index (χ0v) is 14.6. The molecule has 0 aliphatic carbocycles. The summed E-state index contributed by atoms with van der Waals surface area (Å²) in [6.07, 6.45) is 0. The van der Waals surface area contributed by atoms with E-state index in [1.165, 1.54) is 5.69 Å². The first-order chi connectivity index (χ1) is 11.6. The van der Waals surface area contributed by atoms with Crippen molar-refractivity contribution in [1.82, 2.24) is 0 Å². The van der Waals surface area contributed by atoms with Crippen molar-refractivity contribution in [2.24, 2.45) is 0 Å². The summed E-state index contributed by atoms with van der Waals surface area (Å²) in [5, 5.41) is 2.20. The first kappa shape index (κ1) is 16.8. The number of likely N-dealkylation sites (N-methyl/N-ethyl adjacent to an activating group) is 1. The van der Waals surface area contributed by atoms with E-state index >= 15 is 0 Å². The lowest BCUT2D eigenvalue weighted by atomic mass is 10.1. The molecular weight excluding hydrogens is 322 g/mol. The number of hydrogen-bond donors (Lipinski definition) is 2. The number of halogens is 1. The molecule has 1 amide bonds. The summed E-state index contributed by atoms with van der Waals surface area (Å²) in [6, 6.07) is 17.4. The Kier molecular flexibility index (Phi) is 5.38. The molecule has 2 aromatic rings. The molecule has 0 saturated carbocycles. The van der Waals surface area contributed by atoms with Crippen LogP contribution in [0, 0.1) is 0 Å². The second-order valence-electron chi connectivity index (χ2n) is 6.25. The molecule has 1 aliphatic rings. The van der Waals surface area contributed by atoms with Crippen LogP contribution >= 0.6 is 11.6 Å². The molecule has 2 aromatic carbocycles. The highest BCUT2D eigenvalue weighted by molar-refractivity contribution is 6.32. The van der Waals surface area contributed by atoms with Crippen LogP contribution in [-0.4, -0.2) is 39.1 Å². The van der Waals surface area contributed by atoms with E-state index < -0.39 is 5.38 Å². The summed E-state index contributed by atoms with van der Waals surface area (Å²) in [7, 11) is 2.23. The van der Waals surface area contributed by atoms with Gasteiger partial charge >= 0.3 is 0 Å². The summed E-state index contributed by atoms with van der Waals surface area (Å²) >= 11 is 6.25. The Balaban J connectivity index is 1.61. The maximum atomic E-state index is 12.3. The van der Waals surface area contributed by atoms with Crippen LogP contribution < -0.4 is 15.1 Å². The topological polar surface area (TPSA) is 36.8 Å². The van der Waals surface area contributed by atoms with Gasteiger partial charge in [-0.25, -0.2) is 0 Å². The number of nitrogens with one attached hydrogen (secondary N) is 2. The summed E-state index contributed by atoms with van der Waals surface area (Å²) in [5.74, 6) is -0.209. The number of quaternary nitrogens is 1. The molecule has 0 radical (unpaired) electrons. The Morgan fingerprint density at radius 2 is 1.71 bits per heavy atom. The molecule has 0 aromatic heterocycles. The lowest BCUT2D eigenvalue weighted by Gasteiger charge is -2.31. The number of piperazine rings is 1. The molecular formula is C19H23ClN3O+. The minimum Gasteiger partial charge on any atom is -0.360 e. The van der Waals surface area contributed by atoms with Crippen molar-refractivity contribution in [3.8, 4) is 0 Å². The van der Waals surface area contributed by atoms with Gasteiger partial charge in [0.25, 0.3) is 0 Å². The third-order valence-corrected chi connectivity index (χ3v) is 4.89. The number of nitrogens with zero attached hydrogens (tertiary/aromatic N) is 1. The highest BCUT2D eigenvalue weighted by Crippen LogP contribution is 2.23. The van der Waals surface area contributed by atoms with Crippen molar-refractivity contribution in [3.63, 3.8) is 0 Å². The molecule has 1 heterocycles. The molecule has 126 valence electrons. The molecule has 4 nitrogen and oxygen atoms in total. The van der Waals surface area contributed by atoms with E-state index in [4.69, 9.17) is 11.6 Å². The van der Waals surface area contributed by atoms with Crippen molar-refractivity contribution < 1.29 is 9.69 Å². The third kappa shape index (κ3) is 4.08. The molecule has 1 saturated heterocycles. The normalized spacial score (nSPS) is 16.7. The van der Waals surface area contributed by atoms with E-state index in [2.05, 4.69) is 29.4 Å². The number of benzene rings is 2. The van der Waals surface area contributed by atoms with E-state index in [1.807, 2.05) is 42.5 Å². The smallest absolute Gasteiger partial charge is 0.246 e. The lowest BCUT2D eigenvalue weighted by molar-refractivity contribution is -0.880. The SMILES string of the molecule is C[NH+]1CCN(c2ccc(NC(=O)[C@@H](Cl)c3ccccc3)cc2)CC1. The fraction of sp³-hybridized carbons (Fsp3) is 0.316. The Morgan fingerprint density at radius 1 is 1.08 bits per heavy atom. The average Bonchev–Trinajstić information content (AvgIpc) is 2.63. The van der Waals surface area contributed by atoms with Gasteiger partial charge < -0.3 is 15.1 Å². The van der Waals surface area contributed by atoms with Crippen LogP contribution in [0.15, 0.2) is 54.6 Å². The van der Waals surface area contributed by atoms with Gasteiger partial charge in [0, 0.05) is 11.4 Å². The number of amides is 1. The standard InChI is InChI=1S/C19H22ClN3O/c1-22-11-13-23(14-12-22)17-9-7-16(8-10-17)21-19(24)18(20)15-5-3-2-4-6-15/h2-10,18H,11-14H2,1H3,(H,21,24)/p+1/t18-/m0/s1. The highest BCUT2D eigenvalue weighted by Gasteiger charge is 2.19. The van der Waals surface area contributed by atoms with Crippen LogP contribution in [0.2, 0.25) is 0 Å². The number of rotatable bonds is 4. The molecule has 0 bridgehead atoms. The zero-order chi connectivity index (χ0) is 16.9. The number of anilines is 2. The van der Waals surface area contributed by atoms with Gasteiger partial charge in [0.15, 0.2) is 0 Å². The van der Waals surface area contributed by atoms with Crippen LogP contribution in [0.1, 0.15) is 10.9 Å². The summed E-state index contributed by atoms with van der Waals surface area (Å²) < 4.78 is 0. The molecule has 2 N–H and O–H groups in total. The van der Waals surface area contributed by atoms with Gasteiger partial charge in [-0.3, -0.25) is 4.79 Å². The van der Waals surface area contributed by atoms with Crippen molar-refractivity contribution in [1.29, 1.82) is 0 Å². The first-order valence-electron chi connectivity index (χ1n) is 8.29. The lowest BCUT2D eigenvalue weighted by Crippen LogP contribution is -3.12. The Morgan fingerprint density at radius 3 is 2.33 bits per heavy atom. The minimum absolute atomic E-state index is 0.209. The van der Waals surface area contributed by atoms with Crippen LogP contribution in [0.5, 0.6) is 0 Å². The van der Waals surface area contributed by atoms with E-state index in [0.717, 1.165) is 37.4 Å². The van der Waals surface area contributed by atoms with E-state index in [9.17, 15) is 4.79 Å². The molecule has 1 aliphatic heterocycles. The van der Waals surface area contributed by atoms with Crippen molar-refractivity contribution in [2.45, 2.75) is 5.38 Å². The monoisotopic (exact) mass is 344 g/mol. The molecule has 1 fully saturated rings. The van der Waals surface area contributed by atoms with Gasteiger partial charge in [-0.05, 0) is 29.8 Å². The predicted octanol–water partition coefficient (Wildman–Crippen LogP) is 1.94. The first-order valence-corrected chi connectivity index (χ1v) is 8.73. The van der Waals surface area contributed by atoms with Gasteiger partial charge in [-0.2, -0.15) is 0 Å². The second-order valence-corrected chi connectivity index (χ2v) is 6.69. The van der Waals surface area contributed by atoms with Crippen LogP contribution in [0.25, 0.3) is 0 Å². The maximum absolute atomic E-state index is 12.3. The summed E-state index contributed by atoms with van der Waals surface area (Å²) in [4.78, 5) is 16.2. The summed E-state index contributed by atoms with van der Waals surface area (Å²) in [5.41, 5.74) is 2.77. The zero-order valence-electron chi connectivity index (χ0n) is 13.8. The van der Waals surface area contributed by atoms with E-state index in [1.54, 1.807) is 4.90 Å². The number of hydrogen-bond acceptors (Lipinski definition) is 2. The van der Waals surface area contributed by atoms with Crippen LogP contribution in [0.4, 0.5) is 11.4 Å². The molecule has 0 spiro atoms. The predicted molar refractivity (Wildman–Crippen MR) is 98.9 cm³/mol. The van der Waals surface area contributed by atoms with Crippen molar-refractivity contribution in [3.05, 3.63) is 60.2 Å². The van der Waals surface area contributed by atoms with Gasteiger partial charge in [0.05, 0.1) is 33.2 Å². The quantitative estimate of drug-likeness (QED) is 0.832. The van der Waals surface area contributed by atoms with Gasteiger partial charge in [-0.15, -0.1) is 11.6 Å². The maximum Gasteiger partial charge on any atom is 0.246 e. The van der Waals surface area contributed by atoms with Crippen LogP contribution in [0.3, 0.4) is 0 Å². The van der Waals surface area contributed by atoms with Crippen molar-refractivity contribution in [2.75, 3.05) is 43.4 Å². The third-order valence-electron chi connectivity index (χ3n) is 4.44. The fourth-order valence-corrected chi connectivity index (χ4v) is 3.08. The van der Waals surface area contributed by atoms with Gasteiger partial charge in [-0.1, -0.05) is 30.3 Å². The highest BCUT2D eigenvalue weighted by atomic mass is 35.5. The average molecular weight is 345 g/mol. The largest absolute Gasteiger partial charge is 0.360 e. The molecule has 5 heteroatoms. The van der Waals surface area contributed by atoms with Gasteiger partial charge in [0.1, 0.15) is 5.38 Å². The molecule has 24 heavy (non-hydrogen) atoms. The molecule has 1 atom stereocenters. The Hall–Kier alpha value is -2.04. The van der Waals surface area contributed by atoms with E-state index in [0.29, 0.717) is 0 Å². The Bertz CT molecular complexity index is 667. The number of carbonyl (C=O) groups is 1. The summed E-state index contributed by atoms with van der Waals surface area (Å²) in [6.45, 7) is 4.44. The molecule has 0 unspecified atom stereocenters. The number of carbonyl (C=O) groups excluding carboxylic acids is 1.